The van der Waals surface area contributed by atoms with E-state index in [-0.39, 0.29) is 24.7 Å². The molecule has 0 radical (unpaired) electrons. The average molecular weight is 357 g/mol. The molecule has 1 atom stereocenters. The predicted molar refractivity (Wildman–Crippen MR) is 88.6 cm³/mol. The van der Waals surface area contributed by atoms with Gasteiger partial charge in [0, 0.05) is 17.7 Å². The van der Waals surface area contributed by atoms with Crippen molar-refractivity contribution >= 4 is 5.69 Å². The standard InChI is InChI=1S/C17H25N2O4.ClH/c1-6-17(2,3)23-13-16(20)12-19(4,5)11-14-7-9-15(10-8-14)18(21)22;/h1,7-10,16,20H,11-13H2,2-5H3;1H/q+1;/p-1. The summed E-state index contributed by atoms with van der Waals surface area (Å²) in [6.45, 7) is 4.84. The molecule has 0 amide bonds. The van der Waals surface area contributed by atoms with Gasteiger partial charge in [0.1, 0.15) is 24.8 Å². The van der Waals surface area contributed by atoms with E-state index in [0.717, 1.165) is 5.56 Å². The molecule has 0 bridgehead atoms. The number of aliphatic hydroxyl groups is 1. The highest BCUT2D eigenvalue weighted by molar-refractivity contribution is 5.32. The van der Waals surface area contributed by atoms with Crippen LogP contribution in [0.2, 0.25) is 0 Å². The van der Waals surface area contributed by atoms with Crippen LogP contribution >= 0.6 is 0 Å². The van der Waals surface area contributed by atoms with Crippen LogP contribution in [-0.4, -0.2) is 53.5 Å². The van der Waals surface area contributed by atoms with Gasteiger partial charge in [0.15, 0.2) is 0 Å². The number of terminal acetylenes is 1. The largest absolute Gasteiger partial charge is 1.00 e. The Kier molecular flexibility index (Phi) is 8.38. The zero-order valence-electron chi connectivity index (χ0n) is 14.5. The Morgan fingerprint density at radius 1 is 1.38 bits per heavy atom. The average Bonchev–Trinajstić information content (AvgIpc) is 2.45. The van der Waals surface area contributed by atoms with Crippen LogP contribution in [-0.2, 0) is 11.3 Å². The molecule has 1 rings (SSSR count). The molecule has 0 saturated carbocycles. The van der Waals surface area contributed by atoms with Crippen LogP contribution in [0.5, 0.6) is 0 Å². The number of likely N-dealkylation sites (N-methyl/N-ethyl adjacent to an activating group) is 1. The first-order valence-electron chi connectivity index (χ1n) is 7.40. The van der Waals surface area contributed by atoms with Gasteiger partial charge in [0.25, 0.3) is 5.69 Å². The van der Waals surface area contributed by atoms with Gasteiger partial charge in [-0.3, -0.25) is 10.1 Å². The maximum Gasteiger partial charge on any atom is 0.269 e. The van der Waals surface area contributed by atoms with Gasteiger partial charge in [-0.1, -0.05) is 5.92 Å². The predicted octanol–water partition coefficient (Wildman–Crippen LogP) is -1.04. The summed E-state index contributed by atoms with van der Waals surface area (Å²) in [6, 6.07) is 6.46. The van der Waals surface area contributed by atoms with Crippen LogP contribution in [0.25, 0.3) is 0 Å². The summed E-state index contributed by atoms with van der Waals surface area (Å²) in [5.74, 6) is 2.52. The molecule has 1 N–H and O–H groups in total. The van der Waals surface area contributed by atoms with Gasteiger partial charge < -0.3 is 26.7 Å². The van der Waals surface area contributed by atoms with Gasteiger partial charge in [0.2, 0.25) is 0 Å². The molecule has 0 aliphatic rings. The lowest BCUT2D eigenvalue weighted by Gasteiger charge is -2.32. The number of hydrogen-bond acceptors (Lipinski definition) is 4. The lowest BCUT2D eigenvalue weighted by molar-refractivity contribution is -0.906. The normalized spacial score (nSPS) is 12.8. The summed E-state index contributed by atoms with van der Waals surface area (Å²) < 4.78 is 6.03. The van der Waals surface area contributed by atoms with Crippen molar-refractivity contribution in [2.75, 3.05) is 27.2 Å². The number of halogens is 1. The molecular formula is C17H25ClN2O4. The summed E-state index contributed by atoms with van der Waals surface area (Å²) >= 11 is 0. The Morgan fingerprint density at radius 2 is 1.92 bits per heavy atom. The van der Waals surface area contributed by atoms with E-state index in [9.17, 15) is 15.2 Å². The smallest absolute Gasteiger partial charge is 0.269 e. The Labute approximate surface area is 149 Å². The first kappa shape index (κ1) is 22.4. The zero-order chi connectivity index (χ0) is 17.7. The third-order valence-corrected chi connectivity index (χ3v) is 3.45. The number of hydrogen-bond donors (Lipinski definition) is 1. The van der Waals surface area contributed by atoms with Crippen LogP contribution in [0.1, 0.15) is 19.4 Å². The van der Waals surface area contributed by atoms with Gasteiger partial charge in [-0.05, 0) is 26.0 Å². The van der Waals surface area contributed by atoms with Crippen molar-refractivity contribution in [3.8, 4) is 12.3 Å². The molecule has 1 aromatic carbocycles. The van der Waals surface area contributed by atoms with Crippen LogP contribution in [0.4, 0.5) is 5.69 Å². The lowest BCUT2D eigenvalue weighted by atomic mass is 10.1. The van der Waals surface area contributed by atoms with Gasteiger partial charge in [-0.25, -0.2) is 0 Å². The summed E-state index contributed by atoms with van der Waals surface area (Å²) in [5, 5.41) is 20.8. The van der Waals surface area contributed by atoms with Crippen molar-refractivity contribution < 1.29 is 31.7 Å². The number of aliphatic hydroxyl groups excluding tert-OH is 1. The highest BCUT2D eigenvalue weighted by atomic mass is 35.5. The third-order valence-electron chi connectivity index (χ3n) is 3.45. The van der Waals surface area contributed by atoms with Gasteiger partial charge in [-0.15, -0.1) is 6.42 Å². The van der Waals surface area contributed by atoms with E-state index in [1.165, 1.54) is 12.1 Å². The maximum atomic E-state index is 10.7. The Balaban J connectivity index is 0.00000529. The monoisotopic (exact) mass is 356 g/mol. The number of non-ortho nitro benzene ring substituents is 1. The van der Waals surface area contributed by atoms with Gasteiger partial charge in [-0.2, -0.15) is 0 Å². The molecule has 1 unspecified atom stereocenters. The molecule has 24 heavy (non-hydrogen) atoms. The molecule has 0 heterocycles. The highest BCUT2D eigenvalue weighted by Crippen LogP contribution is 2.16. The SMILES string of the molecule is C#CC(C)(C)OCC(O)C[N+](C)(C)Cc1ccc([N+](=O)[O-])cc1.[Cl-]. The zero-order valence-corrected chi connectivity index (χ0v) is 15.3. The molecule has 134 valence electrons. The fourth-order valence-corrected chi connectivity index (χ4v) is 2.25. The topological polar surface area (TPSA) is 72.6 Å². The van der Waals surface area contributed by atoms with Crippen molar-refractivity contribution in [1.82, 2.24) is 0 Å². The quantitative estimate of drug-likeness (QED) is 0.280. The second-order valence-electron chi connectivity index (χ2n) is 6.82. The van der Waals surface area contributed by atoms with Crippen LogP contribution in [0, 0.1) is 22.5 Å². The lowest BCUT2D eigenvalue weighted by Crippen LogP contribution is -3.00. The Hall–Kier alpha value is -1.65. The van der Waals surface area contributed by atoms with E-state index in [1.54, 1.807) is 26.0 Å². The van der Waals surface area contributed by atoms with Gasteiger partial charge >= 0.3 is 0 Å². The number of ether oxygens (including phenoxy) is 1. The fourth-order valence-electron chi connectivity index (χ4n) is 2.25. The fraction of sp³-hybridized carbons (Fsp3) is 0.529. The van der Waals surface area contributed by atoms with Crippen LogP contribution < -0.4 is 12.4 Å². The number of nitro groups is 1. The van der Waals surface area contributed by atoms with Crippen molar-refractivity contribution in [2.45, 2.75) is 32.1 Å². The number of rotatable bonds is 8. The molecular weight excluding hydrogens is 332 g/mol. The number of benzene rings is 1. The number of quaternary nitrogens is 1. The summed E-state index contributed by atoms with van der Waals surface area (Å²) in [7, 11) is 3.97. The minimum absolute atomic E-state index is 0. The molecule has 0 aliphatic carbocycles. The summed E-state index contributed by atoms with van der Waals surface area (Å²) in [4.78, 5) is 10.2. The third kappa shape index (κ3) is 7.75. The molecule has 0 spiro atoms. The summed E-state index contributed by atoms with van der Waals surface area (Å²) in [6.07, 6.45) is 4.70. The van der Waals surface area contributed by atoms with E-state index < -0.39 is 16.6 Å². The molecule has 7 heteroatoms. The van der Waals surface area contributed by atoms with Crippen molar-refractivity contribution in [2.24, 2.45) is 0 Å². The molecule has 0 aromatic heterocycles. The van der Waals surface area contributed by atoms with Crippen molar-refractivity contribution in [3.63, 3.8) is 0 Å². The first-order valence-corrected chi connectivity index (χ1v) is 7.40. The van der Waals surface area contributed by atoms with Crippen LogP contribution in [0.3, 0.4) is 0 Å². The second kappa shape index (κ2) is 9.00. The van der Waals surface area contributed by atoms with E-state index in [0.29, 0.717) is 17.6 Å². The minimum atomic E-state index is -0.698. The highest BCUT2D eigenvalue weighted by Gasteiger charge is 2.24. The minimum Gasteiger partial charge on any atom is -1.00 e. The van der Waals surface area contributed by atoms with Crippen molar-refractivity contribution in [1.29, 1.82) is 0 Å². The van der Waals surface area contributed by atoms with E-state index in [4.69, 9.17) is 11.2 Å². The van der Waals surface area contributed by atoms with E-state index in [2.05, 4.69) is 5.92 Å². The van der Waals surface area contributed by atoms with Crippen LogP contribution in [0.15, 0.2) is 24.3 Å². The first-order chi connectivity index (χ1) is 10.5. The molecule has 6 nitrogen and oxygen atoms in total. The van der Waals surface area contributed by atoms with Crippen molar-refractivity contribution in [3.05, 3.63) is 39.9 Å². The van der Waals surface area contributed by atoms with E-state index in [1.807, 2.05) is 14.1 Å². The number of nitrogens with zero attached hydrogens (tertiary/aromatic N) is 2. The second-order valence-corrected chi connectivity index (χ2v) is 6.82. The molecule has 1 aromatic rings. The Bertz CT molecular complexity index is 579. The molecule has 0 fully saturated rings. The molecule has 0 saturated heterocycles. The summed E-state index contributed by atoms with van der Waals surface area (Å²) in [5.41, 5.74) is 0.345. The Morgan fingerprint density at radius 3 is 2.38 bits per heavy atom. The number of nitro benzene ring substituents is 1. The van der Waals surface area contributed by atoms with Gasteiger partial charge in [0.05, 0.1) is 25.6 Å². The molecule has 0 aliphatic heterocycles. The maximum absolute atomic E-state index is 10.7. The van der Waals surface area contributed by atoms with E-state index >= 15 is 0 Å².